The maximum absolute atomic E-state index is 11.0. The molecule has 1 N–H and O–H groups in total. The fourth-order valence-corrected chi connectivity index (χ4v) is 3.97. The summed E-state index contributed by atoms with van der Waals surface area (Å²) in [6.07, 6.45) is 4.87. The fraction of sp³-hybridized carbons (Fsp3) is 0.538. The molecule has 1 aliphatic rings. The second kappa shape index (κ2) is 5.93. The molecule has 2 unspecified atom stereocenters. The van der Waals surface area contributed by atoms with E-state index in [1.54, 1.807) is 17.8 Å². The van der Waals surface area contributed by atoms with Gasteiger partial charge in [0, 0.05) is 5.25 Å². The molecule has 1 aromatic rings. The molecule has 0 radical (unpaired) electrons. The second-order valence-electron chi connectivity index (χ2n) is 4.83. The van der Waals surface area contributed by atoms with Crippen LogP contribution >= 0.6 is 23.4 Å². The minimum absolute atomic E-state index is 0.210. The zero-order chi connectivity index (χ0) is 13.1. The predicted molar refractivity (Wildman–Crippen MR) is 73.5 cm³/mol. The van der Waals surface area contributed by atoms with Gasteiger partial charge in [0.25, 0.3) is 0 Å². The van der Waals surface area contributed by atoms with Crippen LogP contribution in [-0.2, 0) is 0 Å². The Morgan fingerprint density at radius 2 is 2.28 bits per heavy atom. The van der Waals surface area contributed by atoms with Gasteiger partial charge in [0.1, 0.15) is 5.15 Å². The lowest BCUT2D eigenvalue weighted by atomic mass is 9.91. The van der Waals surface area contributed by atoms with Crippen LogP contribution in [0.4, 0.5) is 0 Å². The molecule has 18 heavy (non-hydrogen) atoms. The molecular weight excluding hydrogens is 270 g/mol. The maximum atomic E-state index is 11.0. The number of thioether (sulfide) groups is 1. The lowest BCUT2D eigenvalue weighted by Gasteiger charge is -2.25. The van der Waals surface area contributed by atoms with Crippen LogP contribution in [0.1, 0.15) is 43.0 Å². The van der Waals surface area contributed by atoms with E-state index in [4.69, 9.17) is 16.7 Å². The lowest BCUT2D eigenvalue weighted by molar-refractivity contribution is 0.0696. The van der Waals surface area contributed by atoms with Crippen molar-refractivity contribution >= 4 is 29.3 Å². The number of nitrogens with zero attached hydrogens (tertiary/aromatic N) is 1. The first kappa shape index (κ1) is 13.7. The van der Waals surface area contributed by atoms with Crippen molar-refractivity contribution in [1.29, 1.82) is 0 Å². The molecule has 1 aromatic heterocycles. The van der Waals surface area contributed by atoms with E-state index in [0.717, 1.165) is 10.9 Å². The quantitative estimate of drug-likeness (QED) is 0.849. The monoisotopic (exact) mass is 285 g/mol. The number of hydrogen-bond donors (Lipinski definition) is 1. The molecule has 2 atom stereocenters. The molecule has 5 heteroatoms. The van der Waals surface area contributed by atoms with E-state index >= 15 is 0 Å². The van der Waals surface area contributed by atoms with Gasteiger partial charge in [0.15, 0.2) is 0 Å². The summed E-state index contributed by atoms with van der Waals surface area (Å²) < 4.78 is 0. The zero-order valence-corrected chi connectivity index (χ0v) is 11.8. The molecule has 1 saturated carbocycles. The Morgan fingerprint density at radius 3 is 2.94 bits per heavy atom. The summed E-state index contributed by atoms with van der Waals surface area (Å²) in [7, 11) is 0. The Balaban J connectivity index is 2.10. The first-order valence-corrected chi connectivity index (χ1v) is 7.38. The molecule has 0 aliphatic heterocycles. The number of aromatic carboxylic acids is 1. The fourth-order valence-electron chi connectivity index (χ4n) is 2.31. The number of pyridine rings is 1. The first-order chi connectivity index (χ1) is 8.54. The Labute approximate surface area is 116 Å². The van der Waals surface area contributed by atoms with E-state index < -0.39 is 5.97 Å². The largest absolute Gasteiger partial charge is 0.478 e. The average Bonchev–Trinajstić information content (AvgIpc) is 2.28. The SMILES string of the molecule is CC1CCCC(Sc2cc(C(=O)O)cc(Cl)n2)C1. The number of carboxylic acid groups (broad SMARTS) is 1. The highest BCUT2D eigenvalue weighted by Crippen LogP contribution is 2.35. The molecule has 1 aliphatic carbocycles. The molecular formula is C13H16ClNO2S. The second-order valence-corrected chi connectivity index (χ2v) is 6.54. The Bertz CT molecular complexity index is 453. The van der Waals surface area contributed by atoms with E-state index in [0.29, 0.717) is 5.25 Å². The Kier molecular flexibility index (Phi) is 4.51. The van der Waals surface area contributed by atoms with E-state index in [1.807, 2.05) is 0 Å². The molecule has 1 heterocycles. The third-order valence-corrected chi connectivity index (χ3v) is 4.60. The molecule has 2 rings (SSSR count). The zero-order valence-electron chi connectivity index (χ0n) is 10.2. The number of rotatable bonds is 3. The van der Waals surface area contributed by atoms with Crippen LogP contribution in [-0.4, -0.2) is 21.3 Å². The topological polar surface area (TPSA) is 50.2 Å². The van der Waals surface area contributed by atoms with Gasteiger partial charge >= 0.3 is 5.97 Å². The number of hydrogen-bond acceptors (Lipinski definition) is 3. The summed E-state index contributed by atoms with van der Waals surface area (Å²) >= 11 is 7.51. The van der Waals surface area contributed by atoms with Crippen molar-refractivity contribution in [1.82, 2.24) is 4.98 Å². The van der Waals surface area contributed by atoms with Crippen molar-refractivity contribution in [3.8, 4) is 0 Å². The third-order valence-electron chi connectivity index (χ3n) is 3.19. The molecule has 98 valence electrons. The normalized spacial score (nSPS) is 23.9. The van der Waals surface area contributed by atoms with Crippen LogP contribution in [0.3, 0.4) is 0 Å². The van der Waals surface area contributed by atoms with Crippen molar-refractivity contribution in [2.75, 3.05) is 0 Å². The average molecular weight is 286 g/mol. The smallest absolute Gasteiger partial charge is 0.335 e. The van der Waals surface area contributed by atoms with Crippen LogP contribution in [0, 0.1) is 5.92 Å². The molecule has 0 amide bonds. The van der Waals surface area contributed by atoms with Crippen molar-refractivity contribution in [2.45, 2.75) is 42.9 Å². The number of aromatic nitrogens is 1. The minimum Gasteiger partial charge on any atom is -0.478 e. The Hall–Kier alpha value is -0.740. The van der Waals surface area contributed by atoms with Crippen molar-refractivity contribution in [3.63, 3.8) is 0 Å². The van der Waals surface area contributed by atoms with Crippen molar-refractivity contribution in [3.05, 3.63) is 22.8 Å². The molecule has 3 nitrogen and oxygen atoms in total. The summed E-state index contributed by atoms with van der Waals surface area (Å²) in [6, 6.07) is 3.00. The Morgan fingerprint density at radius 1 is 1.50 bits per heavy atom. The van der Waals surface area contributed by atoms with Gasteiger partial charge in [0.2, 0.25) is 0 Å². The molecule has 0 bridgehead atoms. The van der Waals surface area contributed by atoms with E-state index in [1.165, 1.54) is 31.7 Å². The van der Waals surface area contributed by atoms with Crippen LogP contribution in [0.25, 0.3) is 0 Å². The first-order valence-electron chi connectivity index (χ1n) is 6.12. The summed E-state index contributed by atoms with van der Waals surface area (Å²) in [5, 5.41) is 10.5. The van der Waals surface area contributed by atoms with E-state index in [-0.39, 0.29) is 10.7 Å². The van der Waals surface area contributed by atoms with Gasteiger partial charge in [-0.3, -0.25) is 0 Å². The summed E-state index contributed by atoms with van der Waals surface area (Å²) in [6.45, 7) is 2.26. The maximum Gasteiger partial charge on any atom is 0.335 e. The van der Waals surface area contributed by atoms with Gasteiger partial charge in [-0.15, -0.1) is 11.8 Å². The molecule has 0 aromatic carbocycles. The highest BCUT2D eigenvalue weighted by molar-refractivity contribution is 7.99. The van der Waals surface area contributed by atoms with E-state index in [9.17, 15) is 4.79 Å². The summed E-state index contributed by atoms with van der Waals surface area (Å²) in [5.41, 5.74) is 0.210. The lowest BCUT2D eigenvalue weighted by Crippen LogP contribution is -2.15. The predicted octanol–water partition coefficient (Wildman–Crippen LogP) is 4.10. The van der Waals surface area contributed by atoms with Gasteiger partial charge in [-0.2, -0.15) is 0 Å². The number of carbonyl (C=O) groups is 1. The van der Waals surface area contributed by atoms with Gasteiger partial charge in [-0.05, 0) is 30.9 Å². The highest BCUT2D eigenvalue weighted by atomic mass is 35.5. The van der Waals surface area contributed by atoms with Crippen LogP contribution in [0.15, 0.2) is 17.2 Å². The van der Waals surface area contributed by atoms with Crippen molar-refractivity contribution in [2.24, 2.45) is 5.92 Å². The molecule has 1 fully saturated rings. The molecule has 0 spiro atoms. The van der Waals surface area contributed by atoms with Gasteiger partial charge in [-0.25, -0.2) is 9.78 Å². The van der Waals surface area contributed by atoms with Crippen LogP contribution < -0.4 is 0 Å². The summed E-state index contributed by atoms with van der Waals surface area (Å²) in [5.74, 6) is -0.215. The molecule has 0 saturated heterocycles. The minimum atomic E-state index is -0.960. The van der Waals surface area contributed by atoms with Crippen LogP contribution in [0.5, 0.6) is 0 Å². The van der Waals surface area contributed by atoms with Gasteiger partial charge in [-0.1, -0.05) is 31.4 Å². The number of halogens is 1. The van der Waals surface area contributed by atoms with Gasteiger partial charge < -0.3 is 5.11 Å². The van der Waals surface area contributed by atoms with Crippen LogP contribution in [0.2, 0.25) is 5.15 Å². The highest BCUT2D eigenvalue weighted by Gasteiger charge is 2.21. The van der Waals surface area contributed by atoms with Crippen molar-refractivity contribution < 1.29 is 9.90 Å². The standard InChI is InChI=1S/C13H16ClNO2S/c1-8-3-2-4-10(5-8)18-12-7-9(13(16)17)6-11(14)15-12/h6-8,10H,2-5H2,1H3,(H,16,17). The summed E-state index contributed by atoms with van der Waals surface area (Å²) in [4.78, 5) is 15.2. The van der Waals surface area contributed by atoms with E-state index in [2.05, 4.69) is 11.9 Å². The van der Waals surface area contributed by atoms with Gasteiger partial charge in [0.05, 0.1) is 10.6 Å². The third kappa shape index (κ3) is 3.62. The number of carboxylic acids is 1.